The molecule has 0 radical (unpaired) electrons. The lowest BCUT2D eigenvalue weighted by molar-refractivity contribution is 0.317. The van der Waals surface area contributed by atoms with Crippen molar-refractivity contribution in [2.24, 2.45) is 17.8 Å². The quantitative estimate of drug-likeness (QED) is 0.628. The zero-order valence-corrected chi connectivity index (χ0v) is 10.8. The number of nitrogens with one attached hydrogen (secondary N) is 1. The highest BCUT2D eigenvalue weighted by molar-refractivity contribution is 4.67. The van der Waals surface area contributed by atoms with Gasteiger partial charge in [-0.25, -0.2) is 0 Å². The van der Waals surface area contributed by atoms with Crippen molar-refractivity contribution < 1.29 is 0 Å². The van der Waals surface area contributed by atoms with Gasteiger partial charge < -0.3 is 5.32 Å². The Bertz CT molecular complexity index is 120. The van der Waals surface area contributed by atoms with Crippen molar-refractivity contribution in [2.75, 3.05) is 13.1 Å². The third kappa shape index (κ3) is 7.37. The molecule has 0 aromatic heterocycles. The maximum atomic E-state index is 3.48. The molecule has 0 fully saturated rings. The molecule has 0 rings (SSSR count). The first-order chi connectivity index (χ1) is 6.60. The van der Waals surface area contributed by atoms with Crippen LogP contribution in [0.2, 0.25) is 0 Å². The summed E-state index contributed by atoms with van der Waals surface area (Å²) in [4.78, 5) is 0. The van der Waals surface area contributed by atoms with Crippen molar-refractivity contribution in [2.45, 2.75) is 53.9 Å². The molecule has 86 valence electrons. The lowest BCUT2D eigenvalue weighted by Crippen LogP contribution is -2.25. The van der Waals surface area contributed by atoms with Crippen molar-refractivity contribution >= 4 is 0 Å². The fourth-order valence-electron chi connectivity index (χ4n) is 2.01. The maximum absolute atomic E-state index is 3.48. The second kappa shape index (κ2) is 8.28. The van der Waals surface area contributed by atoms with E-state index in [1.165, 1.54) is 25.8 Å². The highest BCUT2D eigenvalue weighted by atomic mass is 14.8. The van der Waals surface area contributed by atoms with Gasteiger partial charge in [-0.1, -0.05) is 41.0 Å². The average Bonchev–Trinajstić information content (AvgIpc) is 2.13. The normalized spacial score (nSPS) is 15.9. The highest BCUT2D eigenvalue weighted by Gasteiger charge is 2.13. The SMILES string of the molecule is CCNCC(CC(C)C)CC(C)CC. The zero-order valence-electron chi connectivity index (χ0n) is 10.8. The van der Waals surface area contributed by atoms with E-state index in [2.05, 4.69) is 39.9 Å². The standard InChI is InChI=1S/C13H29N/c1-6-12(5)9-13(8-11(3)4)10-14-7-2/h11-14H,6-10H2,1-5H3. The highest BCUT2D eigenvalue weighted by Crippen LogP contribution is 2.21. The summed E-state index contributed by atoms with van der Waals surface area (Å²) in [5.74, 6) is 2.60. The van der Waals surface area contributed by atoms with E-state index < -0.39 is 0 Å². The van der Waals surface area contributed by atoms with E-state index in [0.29, 0.717) is 0 Å². The van der Waals surface area contributed by atoms with E-state index in [1.54, 1.807) is 0 Å². The summed E-state index contributed by atoms with van der Waals surface area (Å²) in [6, 6.07) is 0. The zero-order chi connectivity index (χ0) is 11.0. The van der Waals surface area contributed by atoms with E-state index in [1.807, 2.05) is 0 Å². The van der Waals surface area contributed by atoms with Gasteiger partial charge in [0.25, 0.3) is 0 Å². The molecule has 0 amide bonds. The molecule has 1 heteroatoms. The molecule has 0 aliphatic carbocycles. The summed E-state index contributed by atoms with van der Waals surface area (Å²) >= 11 is 0. The number of rotatable bonds is 8. The second-order valence-electron chi connectivity index (χ2n) is 5.05. The Morgan fingerprint density at radius 1 is 1.00 bits per heavy atom. The van der Waals surface area contributed by atoms with Crippen molar-refractivity contribution in [1.82, 2.24) is 5.32 Å². The van der Waals surface area contributed by atoms with Gasteiger partial charge in [0.05, 0.1) is 0 Å². The Balaban J connectivity index is 3.83. The van der Waals surface area contributed by atoms with Gasteiger partial charge in [-0.15, -0.1) is 0 Å². The Morgan fingerprint density at radius 2 is 1.64 bits per heavy atom. The Kier molecular flexibility index (Phi) is 8.26. The molecule has 14 heavy (non-hydrogen) atoms. The maximum Gasteiger partial charge on any atom is -0.00204 e. The first kappa shape index (κ1) is 14.0. The molecule has 0 aliphatic rings. The third-order valence-corrected chi connectivity index (χ3v) is 2.92. The van der Waals surface area contributed by atoms with Crippen LogP contribution in [0.4, 0.5) is 0 Å². The molecule has 0 aromatic rings. The first-order valence-electron chi connectivity index (χ1n) is 6.30. The van der Waals surface area contributed by atoms with Gasteiger partial charge in [-0.2, -0.15) is 0 Å². The van der Waals surface area contributed by atoms with Crippen molar-refractivity contribution in [3.05, 3.63) is 0 Å². The van der Waals surface area contributed by atoms with E-state index >= 15 is 0 Å². The molecule has 2 atom stereocenters. The molecule has 1 nitrogen and oxygen atoms in total. The van der Waals surface area contributed by atoms with E-state index in [9.17, 15) is 0 Å². The van der Waals surface area contributed by atoms with Crippen LogP contribution in [0, 0.1) is 17.8 Å². The summed E-state index contributed by atoms with van der Waals surface area (Å²) in [7, 11) is 0. The lowest BCUT2D eigenvalue weighted by Gasteiger charge is -2.22. The Labute approximate surface area is 90.7 Å². The van der Waals surface area contributed by atoms with Crippen LogP contribution in [-0.2, 0) is 0 Å². The second-order valence-corrected chi connectivity index (χ2v) is 5.05. The molecule has 0 heterocycles. The molecular formula is C13H29N. The van der Waals surface area contributed by atoms with Gasteiger partial charge in [0, 0.05) is 0 Å². The van der Waals surface area contributed by atoms with Crippen LogP contribution in [-0.4, -0.2) is 13.1 Å². The molecule has 0 saturated heterocycles. The van der Waals surface area contributed by atoms with Crippen molar-refractivity contribution in [3.8, 4) is 0 Å². The average molecular weight is 199 g/mol. The van der Waals surface area contributed by atoms with Crippen LogP contribution >= 0.6 is 0 Å². The summed E-state index contributed by atoms with van der Waals surface area (Å²) in [5.41, 5.74) is 0. The molecule has 0 saturated carbocycles. The number of hydrogen-bond acceptors (Lipinski definition) is 1. The summed E-state index contributed by atoms with van der Waals surface area (Å²) in [6.07, 6.45) is 4.08. The van der Waals surface area contributed by atoms with Crippen LogP contribution < -0.4 is 5.32 Å². The van der Waals surface area contributed by atoms with E-state index in [-0.39, 0.29) is 0 Å². The van der Waals surface area contributed by atoms with Crippen LogP contribution in [0.25, 0.3) is 0 Å². The van der Waals surface area contributed by atoms with E-state index in [0.717, 1.165) is 24.3 Å². The first-order valence-corrected chi connectivity index (χ1v) is 6.30. The molecule has 0 aromatic carbocycles. The Morgan fingerprint density at radius 3 is 2.07 bits per heavy atom. The summed E-state index contributed by atoms with van der Waals surface area (Å²) in [6.45, 7) is 13.8. The minimum Gasteiger partial charge on any atom is -0.317 e. The van der Waals surface area contributed by atoms with Crippen molar-refractivity contribution in [1.29, 1.82) is 0 Å². The summed E-state index contributed by atoms with van der Waals surface area (Å²) < 4.78 is 0. The Hall–Kier alpha value is -0.0400. The van der Waals surface area contributed by atoms with Gasteiger partial charge in [-0.05, 0) is 43.7 Å². The minimum atomic E-state index is 0.836. The predicted molar refractivity (Wildman–Crippen MR) is 65.6 cm³/mol. The van der Waals surface area contributed by atoms with Crippen LogP contribution in [0.3, 0.4) is 0 Å². The lowest BCUT2D eigenvalue weighted by atomic mass is 9.88. The van der Waals surface area contributed by atoms with Gasteiger partial charge >= 0.3 is 0 Å². The van der Waals surface area contributed by atoms with Crippen LogP contribution in [0.15, 0.2) is 0 Å². The fraction of sp³-hybridized carbons (Fsp3) is 1.00. The molecule has 1 N–H and O–H groups in total. The monoisotopic (exact) mass is 199 g/mol. The molecule has 2 unspecified atom stereocenters. The molecule has 0 bridgehead atoms. The van der Waals surface area contributed by atoms with Gasteiger partial charge in [0.15, 0.2) is 0 Å². The minimum absolute atomic E-state index is 0.836. The van der Waals surface area contributed by atoms with Gasteiger partial charge in [0.2, 0.25) is 0 Å². The molecule has 0 aliphatic heterocycles. The van der Waals surface area contributed by atoms with Crippen molar-refractivity contribution in [3.63, 3.8) is 0 Å². The molecular weight excluding hydrogens is 170 g/mol. The number of hydrogen-bond donors (Lipinski definition) is 1. The van der Waals surface area contributed by atoms with E-state index in [4.69, 9.17) is 0 Å². The smallest absolute Gasteiger partial charge is 0.00204 e. The topological polar surface area (TPSA) is 12.0 Å². The third-order valence-electron chi connectivity index (χ3n) is 2.92. The molecule has 0 spiro atoms. The van der Waals surface area contributed by atoms with Gasteiger partial charge in [0.1, 0.15) is 0 Å². The summed E-state index contributed by atoms with van der Waals surface area (Å²) in [5, 5.41) is 3.48. The van der Waals surface area contributed by atoms with Crippen LogP contribution in [0.5, 0.6) is 0 Å². The predicted octanol–water partition coefficient (Wildman–Crippen LogP) is 3.69. The van der Waals surface area contributed by atoms with Gasteiger partial charge in [-0.3, -0.25) is 0 Å². The largest absolute Gasteiger partial charge is 0.317 e. The van der Waals surface area contributed by atoms with Crippen LogP contribution in [0.1, 0.15) is 53.9 Å². The fourth-order valence-corrected chi connectivity index (χ4v) is 2.01.